The van der Waals surface area contributed by atoms with Crippen molar-refractivity contribution in [1.29, 1.82) is 0 Å². The molecule has 114 valence electrons. The van der Waals surface area contributed by atoms with Crippen molar-refractivity contribution in [2.45, 2.75) is 37.6 Å². The molecular weight excluding hydrogens is 331 g/mol. The number of ether oxygens (including phenoxy) is 1. The average Bonchev–Trinajstić information content (AvgIpc) is 2.38. The van der Waals surface area contributed by atoms with E-state index in [1.807, 2.05) is 0 Å². The zero-order valence-electron chi connectivity index (χ0n) is 11.9. The van der Waals surface area contributed by atoms with Gasteiger partial charge in [-0.1, -0.05) is 0 Å². The number of phosphoric acid groups is 1. The Morgan fingerprint density at radius 2 is 1.86 bits per heavy atom. The number of carbonyl (C=O) groups is 1. The summed E-state index contributed by atoms with van der Waals surface area (Å²) in [6.07, 6.45) is -6.17. The fourth-order valence-electron chi connectivity index (χ4n) is 1.70. The Labute approximate surface area is 149 Å². The summed E-state index contributed by atoms with van der Waals surface area (Å²) < 4.78 is 20.0. The van der Waals surface area contributed by atoms with Crippen molar-refractivity contribution in [1.82, 2.24) is 5.32 Å². The Bertz CT molecular complexity index is 381. The molecule has 6 N–H and O–H groups in total. The van der Waals surface area contributed by atoms with Crippen LogP contribution in [0.3, 0.4) is 0 Å². The van der Waals surface area contributed by atoms with E-state index >= 15 is 0 Å². The van der Waals surface area contributed by atoms with Gasteiger partial charge in [0.15, 0.2) is 6.29 Å². The number of aliphatic hydroxyl groups is 3. The predicted molar refractivity (Wildman–Crippen MR) is 70.0 cm³/mol. The van der Waals surface area contributed by atoms with E-state index in [0.717, 1.165) is 6.92 Å². The number of rotatable bonds is 4. The summed E-state index contributed by atoms with van der Waals surface area (Å²) in [6, 6.07) is -1.39. The maximum absolute atomic E-state index is 11.0. The van der Waals surface area contributed by atoms with Gasteiger partial charge in [0.1, 0.15) is 24.4 Å². The second-order valence-corrected chi connectivity index (χ2v) is 5.22. The van der Waals surface area contributed by atoms with Gasteiger partial charge in [0.05, 0.1) is 6.61 Å². The molecule has 0 radical (unpaired) electrons. The van der Waals surface area contributed by atoms with Crippen LogP contribution in [-0.4, -0.2) is 112 Å². The van der Waals surface area contributed by atoms with Crippen LogP contribution in [0, 0.1) is 0 Å². The molecule has 0 aromatic carbocycles. The van der Waals surface area contributed by atoms with Gasteiger partial charge in [-0.2, -0.15) is 0 Å². The summed E-state index contributed by atoms with van der Waals surface area (Å²) >= 11 is 2.89. The van der Waals surface area contributed by atoms with E-state index in [0.29, 0.717) is 0 Å². The fraction of sp³-hybridized carbons (Fsp3) is 0.875. The van der Waals surface area contributed by atoms with Crippen molar-refractivity contribution >= 4 is 57.3 Å². The zero-order valence-corrected chi connectivity index (χ0v) is 16.8. The summed E-state index contributed by atoms with van der Waals surface area (Å²) in [5.41, 5.74) is 0. The molecule has 0 bridgehead atoms. The molecule has 1 aliphatic heterocycles. The first-order valence-corrected chi connectivity index (χ1v) is 15.8. The molecule has 5 unspecified atom stereocenters. The van der Waals surface area contributed by atoms with Gasteiger partial charge in [-0.05, 0) is 0 Å². The Morgan fingerprint density at radius 3 is 2.24 bits per heavy atom. The molecular formula is C8H16NNa2O9P. The van der Waals surface area contributed by atoms with Gasteiger partial charge in [-0.15, -0.1) is 0 Å². The Hall–Kier alpha value is 1.42. The third kappa shape index (κ3) is 7.69. The van der Waals surface area contributed by atoms with Crippen LogP contribution in [0.1, 0.15) is 6.92 Å². The van der Waals surface area contributed by atoms with Crippen molar-refractivity contribution in [3.8, 4) is 0 Å². The summed E-state index contributed by atoms with van der Waals surface area (Å²) in [7, 11) is -4.95. The van der Waals surface area contributed by atoms with Gasteiger partial charge in [-0.25, -0.2) is 4.57 Å². The van der Waals surface area contributed by atoms with Crippen LogP contribution in [0.5, 0.6) is 0 Å². The van der Waals surface area contributed by atoms with Crippen LogP contribution in [0.15, 0.2) is 0 Å². The molecule has 1 aliphatic rings. The molecule has 0 spiro atoms. The van der Waals surface area contributed by atoms with Gasteiger partial charge >= 0.3 is 51.4 Å². The quantitative estimate of drug-likeness (QED) is 0.221. The molecule has 1 fully saturated rings. The summed E-state index contributed by atoms with van der Waals surface area (Å²) in [5, 5.41) is 30.5. The van der Waals surface area contributed by atoms with E-state index in [-0.39, 0.29) is 0 Å². The van der Waals surface area contributed by atoms with Crippen molar-refractivity contribution in [2.24, 2.45) is 0 Å². The Morgan fingerprint density at radius 1 is 1.33 bits per heavy atom. The summed E-state index contributed by atoms with van der Waals surface area (Å²) in [5.74, 6) is -0.624. The fourth-order valence-corrected chi connectivity index (χ4v) is 2.15. The number of aliphatic hydroxyl groups excluding tert-OH is 3. The van der Waals surface area contributed by atoms with Crippen molar-refractivity contribution < 1.29 is 43.7 Å². The Balaban J connectivity index is 0.00000191. The average molecular weight is 347 g/mol. The Kier molecular flexibility index (Phi) is 11.0. The van der Waals surface area contributed by atoms with E-state index in [2.05, 4.69) is 9.84 Å². The van der Waals surface area contributed by atoms with E-state index in [4.69, 9.17) is 19.6 Å². The summed E-state index contributed by atoms with van der Waals surface area (Å²) in [4.78, 5) is 28.4. The number of hydrogen-bond donors (Lipinski definition) is 6. The second-order valence-electron chi connectivity index (χ2n) is 4.03. The minimum atomic E-state index is -4.95. The topological polar surface area (TPSA) is 166 Å². The molecule has 0 saturated carbocycles. The first kappa shape index (κ1) is 22.4. The van der Waals surface area contributed by atoms with Crippen LogP contribution in [-0.2, 0) is 18.6 Å². The predicted octanol–water partition coefficient (Wildman–Crippen LogP) is -3.72. The van der Waals surface area contributed by atoms with E-state index in [1.54, 1.807) is 0 Å². The van der Waals surface area contributed by atoms with Gasteiger partial charge in [0.25, 0.3) is 0 Å². The molecule has 1 amide bonds. The van der Waals surface area contributed by atoms with Crippen LogP contribution < -0.4 is 5.32 Å². The molecule has 5 atom stereocenters. The van der Waals surface area contributed by atoms with Crippen molar-refractivity contribution in [2.75, 3.05) is 6.61 Å². The van der Waals surface area contributed by atoms with Gasteiger partial charge < -0.3 is 35.2 Å². The SMILES string of the molecule is CC(=O)NC1C(OP(=O)(O)O)OC(CO)C(O)C1O.[Na][Na]. The number of amides is 1. The molecule has 0 aliphatic carbocycles. The summed E-state index contributed by atoms with van der Waals surface area (Å²) in [6.45, 7) is 0.401. The van der Waals surface area contributed by atoms with E-state index < -0.39 is 51.0 Å². The molecule has 10 nitrogen and oxygen atoms in total. The number of hydrogen-bond acceptors (Lipinski definition) is 7. The third-order valence-corrected chi connectivity index (χ3v) is 2.97. The molecule has 1 rings (SSSR count). The van der Waals surface area contributed by atoms with E-state index in [9.17, 15) is 19.6 Å². The van der Waals surface area contributed by atoms with Gasteiger partial charge in [0.2, 0.25) is 5.91 Å². The standard InChI is InChI=1S/C8H16NO9P.2Na/c1-3(11)9-5-7(13)6(12)4(2-10)17-8(5)18-19(14,15)16;;/h4-8,10,12-13H,2H2,1H3,(H,9,11)(H2,14,15,16);;. The van der Waals surface area contributed by atoms with Crippen molar-refractivity contribution in [3.63, 3.8) is 0 Å². The minimum absolute atomic E-state index is 0.624. The van der Waals surface area contributed by atoms with Crippen LogP contribution >= 0.6 is 7.82 Å². The third-order valence-electron chi connectivity index (χ3n) is 2.49. The van der Waals surface area contributed by atoms with Crippen LogP contribution in [0.25, 0.3) is 0 Å². The van der Waals surface area contributed by atoms with Gasteiger partial charge in [-0.3, -0.25) is 9.32 Å². The van der Waals surface area contributed by atoms with E-state index in [1.165, 1.54) is 43.6 Å². The molecule has 1 saturated heterocycles. The maximum atomic E-state index is 11.0. The monoisotopic (exact) mass is 347 g/mol. The van der Waals surface area contributed by atoms with Gasteiger partial charge in [0, 0.05) is 6.92 Å². The second kappa shape index (κ2) is 10.3. The first-order valence-electron chi connectivity index (χ1n) is 6.29. The number of carbonyl (C=O) groups excluding carboxylic acids is 1. The molecule has 13 heteroatoms. The first-order chi connectivity index (χ1) is 9.65. The molecule has 21 heavy (non-hydrogen) atoms. The normalized spacial score (nSPS) is 33.0. The van der Waals surface area contributed by atoms with Crippen LogP contribution in [0.4, 0.5) is 0 Å². The number of phosphoric ester groups is 1. The zero-order chi connectivity index (χ0) is 16.8. The van der Waals surface area contributed by atoms with Crippen LogP contribution in [0.2, 0.25) is 0 Å². The molecule has 0 aromatic rings. The van der Waals surface area contributed by atoms with Crippen molar-refractivity contribution in [3.05, 3.63) is 0 Å². The molecule has 0 aromatic heterocycles. The number of nitrogens with one attached hydrogen (secondary N) is 1. The molecule has 1 heterocycles.